The second-order valence-corrected chi connectivity index (χ2v) is 4.04. The van der Waals surface area contributed by atoms with Gasteiger partial charge in [-0.2, -0.15) is 13.2 Å². The van der Waals surface area contributed by atoms with Gasteiger partial charge in [0.2, 0.25) is 5.91 Å². The average molecular weight is 293 g/mol. The summed E-state index contributed by atoms with van der Waals surface area (Å²) >= 11 is 5.69. The van der Waals surface area contributed by atoms with Crippen LogP contribution >= 0.6 is 11.6 Å². The van der Waals surface area contributed by atoms with E-state index < -0.39 is 23.3 Å². The fourth-order valence-electron chi connectivity index (χ4n) is 1.36. The summed E-state index contributed by atoms with van der Waals surface area (Å²) in [7, 11) is 0. The topological polar surface area (TPSA) is 41.1 Å². The standard InChI is InChI=1S/C12H12ClF3N2O/c1-2-6-17-7-10(19)18-11-8(12(14,15)16)4-3-5-9(11)13/h2-5,17H,1,6-7H2,(H,18,19). The summed E-state index contributed by atoms with van der Waals surface area (Å²) in [4.78, 5) is 11.5. The molecule has 0 aromatic heterocycles. The van der Waals surface area contributed by atoms with Crippen molar-refractivity contribution in [1.82, 2.24) is 5.32 Å². The molecule has 1 aromatic rings. The fourth-order valence-corrected chi connectivity index (χ4v) is 1.58. The number of carbonyl (C=O) groups excluding carboxylic acids is 1. The van der Waals surface area contributed by atoms with E-state index in [4.69, 9.17) is 11.6 Å². The summed E-state index contributed by atoms with van der Waals surface area (Å²) in [5, 5.41) is 4.67. The molecule has 0 aliphatic rings. The zero-order chi connectivity index (χ0) is 14.5. The van der Waals surface area contributed by atoms with Gasteiger partial charge >= 0.3 is 6.18 Å². The second kappa shape index (κ2) is 6.58. The van der Waals surface area contributed by atoms with Gasteiger partial charge in [0.15, 0.2) is 0 Å². The van der Waals surface area contributed by atoms with E-state index in [0.717, 1.165) is 6.07 Å². The summed E-state index contributed by atoms with van der Waals surface area (Å²) in [6.45, 7) is 3.68. The molecule has 0 bridgehead atoms. The van der Waals surface area contributed by atoms with Crippen LogP contribution in [0.2, 0.25) is 5.02 Å². The molecule has 0 radical (unpaired) electrons. The normalized spacial score (nSPS) is 11.2. The van der Waals surface area contributed by atoms with E-state index in [1.807, 2.05) is 0 Å². The van der Waals surface area contributed by atoms with E-state index >= 15 is 0 Å². The molecule has 0 atom stereocenters. The van der Waals surface area contributed by atoms with E-state index in [1.165, 1.54) is 18.2 Å². The van der Waals surface area contributed by atoms with Crippen LogP contribution in [-0.2, 0) is 11.0 Å². The molecule has 2 N–H and O–H groups in total. The van der Waals surface area contributed by atoms with Crippen LogP contribution in [0.25, 0.3) is 0 Å². The minimum atomic E-state index is -4.58. The maximum Gasteiger partial charge on any atom is 0.418 e. The minimum absolute atomic E-state index is 0.130. The molecule has 1 amide bonds. The quantitative estimate of drug-likeness (QED) is 0.647. The lowest BCUT2D eigenvalue weighted by molar-refractivity contribution is -0.137. The van der Waals surface area contributed by atoms with Gasteiger partial charge in [-0.05, 0) is 12.1 Å². The maximum atomic E-state index is 12.7. The molecule has 1 rings (SSSR count). The van der Waals surface area contributed by atoms with Crippen molar-refractivity contribution < 1.29 is 18.0 Å². The van der Waals surface area contributed by atoms with Gasteiger partial charge in [-0.3, -0.25) is 4.79 Å². The highest BCUT2D eigenvalue weighted by molar-refractivity contribution is 6.34. The number of benzene rings is 1. The van der Waals surface area contributed by atoms with Crippen molar-refractivity contribution in [2.24, 2.45) is 0 Å². The van der Waals surface area contributed by atoms with Crippen molar-refractivity contribution in [3.8, 4) is 0 Å². The Balaban J connectivity index is 2.88. The van der Waals surface area contributed by atoms with Crippen LogP contribution in [0.1, 0.15) is 5.56 Å². The molecule has 0 fully saturated rings. The molecule has 0 unspecified atom stereocenters. The second-order valence-electron chi connectivity index (χ2n) is 3.63. The number of anilines is 1. The van der Waals surface area contributed by atoms with Gasteiger partial charge in [0.1, 0.15) is 0 Å². The number of rotatable bonds is 5. The predicted octanol–water partition coefficient (Wildman–Crippen LogP) is 3.07. The average Bonchev–Trinajstić information content (AvgIpc) is 2.30. The first kappa shape index (κ1) is 15.5. The monoisotopic (exact) mass is 292 g/mol. The third-order valence-electron chi connectivity index (χ3n) is 2.16. The van der Waals surface area contributed by atoms with Crippen LogP contribution in [0.5, 0.6) is 0 Å². The van der Waals surface area contributed by atoms with Crippen LogP contribution in [0.3, 0.4) is 0 Å². The van der Waals surface area contributed by atoms with E-state index in [0.29, 0.717) is 6.54 Å². The van der Waals surface area contributed by atoms with Crippen LogP contribution < -0.4 is 10.6 Å². The summed E-state index contributed by atoms with van der Waals surface area (Å²) < 4.78 is 38.2. The summed E-state index contributed by atoms with van der Waals surface area (Å²) in [5.74, 6) is -0.611. The van der Waals surface area contributed by atoms with E-state index in [-0.39, 0.29) is 11.6 Å². The molecular formula is C12H12ClF3N2O. The Morgan fingerprint density at radius 2 is 2.11 bits per heavy atom. The lowest BCUT2D eigenvalue weighted by atomic mass is 10.1. The van der Waals surface area contributed by atoms with Crippen molar-refractivity contribution in [2.45, 2.75) is 6.18 Å². The molecule has 0 saturated carbocycles. The molecule has 0 spiro atoms. The largest absolute Gasteiger partial charge is 0.418 e. The van der Waals surface area contributed by atoms with E-state index in [2.05, 4.69) is 17.2 Å². The molecule has 1 aromatic carbocycles. The summed E-state index contributed by atoms with van der Waals surface area (Å²) in [5.41, 5.74) is -1.40. The van der Waals surface area contributed by atoms with Crippen molar-refractivity contribution in [2.75, 3.05) is 18.4 Å². The van der Waals surface area contributed by atoms with Gasteiger partial charge in [0, 0.05) is 6.54 Å². The number of hydrogen-bond donors (Lipinski definition) is 2. The first-order valence-electron chi connectivity index (χ1n) is 5.33. The van der Waals surface area contributed by atoms with Crippen molar-refractivity contribution >= 4 is 23.2 Å². The molecule has 0 saturated heterocycles. The summed E-state index contributed by atoms with van der Waals surface area (Å²) in [6.07, 6.45) is -3.05. The van der Waals surface area contributed by atoms with Gasteiger partial charge in [0.25, 0.3) is 0 Å². The zero-order valence-corrected chi connectivity index (χ0v) is 10.6. The lowest BCUT2D eigenvalue weighted by Crippen LogP contribution is -2.29. The Morgan fingerprint density at radius 1 is 1.42 bits per heavy atom. The van der Waals surface area contributed by atoms with Crippen LogP contribution in [0.15, 0.2) is 30.9 Å². The van der Waals surface area contributed by atoms with Crippen LogP contribution in [0, 0.1) is 0 Å². The number of nitrogens with one attached hydrogen (secondary N) is 2. The molecule has 3 nitrogen and oxygen atoms in total. The highest BCUT2D eigenvalue weighted by Crippen LogP contribution is 2.38. The van der Waals surface area contributed by atoms with Gasteiger partial charge < -0.3 is 10.6 Å². The first-order chi connectivity index (χ1) is 8.86. The Kier molecular flexibility index (Phi) is 5.38. The SMILES string of the molecule is C=CCNCC(=O)Nc1c(Cl)cccc1C(F)(F)F. The highest BCUT2D eigenvalue weighted by Gasteiger charge is 2.34. The molecule has 7 heteroatoms. The Morgan fingerprint density at radius 3 is 2.68 bits per heavy atom. The molecule has 0 heterocycles. The molecular weight excluding hydrogens is 281 g/mol. The van der Waals surface area contributed by atoms with Gasteiger partial charge in [-0.1, -0.05) is 23.7 Å². The number of alkyl halides is 3. The van der Waals surface area contributed by atoms with Crippen molar-refractivity contribution in [3.05, 3.63) is 41.4 Å². The molecule has 19 heavy (non-hydrogen) atoms. The Labute approximate surface area is 113 Å². The summed E-state index contributed by atoms with van der Waals surface area (Å²) in [6, 6.07) is 3.32. The minimum Gasteiger partial charge on any atom is -0.323 e. The third-order valence-corrected chi connectivity index (χ3v) is 2.47. The van der Waals surface area contributed by atoms with Crippen molar-refractivity contribution in [3.63, 3.8) is 0 Å². The number of halogens is 4. The van der Waals surface area contributed by atoms with E-state index in [9.17, 15) is 18.0 Å². The van der Waals surface area contributed by atoms with E-state index in [1.54, 1.807) is 0 Å². The molecule has 0 aliphatic heterocycles. The lowest BCUT2D eigenvalue weighted by Gasteiger charge is -2.15. The Bertz CT molecular complexity index is 475. The smallest absolute Gasteiger partial charge is 0.323 e. The Hall–Kier alpha value is -1.53. The number of amides is 1. The van der Waals surface area contributed by atoms with Crippen LogP contribution in [-0.4, -0.2) is 19.0 Å². The molecule has 104 valence electrons. The number of carbonyl (C=O) groups is 1. The van der Waals surface area contributed by atoms with Gasteiger partial charge in [-0.15, -0.1) is 6.58 Å². The third kappa shape index (κ3) is 4.57. The number of para-hydroxylation sites is 1. The zero-order valence-electron chi connectivity index (χ0n) is 9.85. The predicted molar refractivity (Wildman–Crippen MR) is 68.2 cm³/mol. The fraction of sp³-hybridized carbons (Fsp3) is 0.250. The maximum absolute atomic E-state index is 12.7. The molecule has 0 aliphatic carbocycles. The number of hydrogen-bond acceptors (Lipinski definition) is 2. The van der Waals surface area contributed by atoms with Gasteiger partial charge in [0.05, 0.1) is 22.8 Å². The van der Waals surface area contributed by atoms with Crippen LogP contribution in [0.4, 0.5) is 18.9 Å². The highest BCUT2D eigenvalue weighted by atomic mass is 35.5. The van der Waals surface area contributed by atoms with Gasteiger partial charge in [-0.25, -0.2) is 0 Å². The first-order valence-corrected chi connectivity index (χ1v) is 5.71. The van der Waals surface area contributed by atoms with Crippen molar-refractivity contribution in [1.29, 1.82) is 0 Å².